The Bertz CT molecular complexity index is 645. The van der Waals surface area contributed by atoms with Gasteiger partial charge in [0, 0.05) is 6.07 Å². The van der Waals surface area contributed by atoms with Gasteiger partial charge in [-0.15, -0.1) is 0 Å². The lowest BCUT2D eigenvalue weighted by molar-refractivity contribution is 0.102. The van der Waals surface area contributed by atoms with E-state index in [0.29, 0.717) is 47.4 Å². The van der Waals surface area contributed by atoms with Gasteiger partial charge in [-0.25, -0.2) is 0 Å². The molecule has 1 heterocycles. The lowest BCUT2D eigenvalue weighted by atomic mass is 10.2. The molecule has 0 fully saturated rings. The zero-order valence-electron chi connectivity index (χ0n) is 13.2. The Morgan fingerprint density at radius 3 is 2.55 bits per heavy atom. The zero-order valence-corrected chi connectivity index (χ0v) is 13.2. The highest BCUT2D eigenvalue weighted by atomic mass is 16.5. The van der Waals surface area contributed by atoms with Gasteiger partial charge < -0.3 is 19.3 Å². The topological polar surface area (TPSA) is 73.6 Å². The highest BCUT2D eigenvalue weighted by Gasteiger charge is 2.19. The molecule has 0 saturated heterocycles. The maximum absolute atomic E-state index is 12.4. The third-order valence-corrected chi connectivity index (χ3v) is 3.07. The minimum atomic E-state index is -0.286. The van der Waals surface area contributed by atoms with Gasteiger partial charge in [-0.3, -0.25) is 4.79 Å². The average molecular weight is 304 g/mol. The van der Waals surface area contributed by atoms with Crippen molar-refractivity contribution in [2.45, 2.75) is 27.7 Å². The first-order valence-electron chi connectivity index (χ1n) is 7.20. The van der Waals surface area contributed by atoms with E-state index in [-0.39, 0.29) is 5.91 Å². The van der Waals surface area contributed by atoms with Gasteiger partial charge in [-0.05, 0) is 39.8 Å². The number of aryl methyl sites for hydroxylation is 2. The van der Waals surface area contributed by atoms with Gasteiger partial charge in [0.25, 0.3) is 5.91 Å². The van der Waals surface area contributed by atoms with E-state index in [1.807, 2.05) is 13.8 Å². The van der Waals surface area contributed by atoms with Crippen LogP contribution in [0.3, 0.4) is 0 Å². The summed E-state index contributed by atoms with van der Waals surface area (Å²) in [5.41, 5.74) is 1.54. The Balaban J connectivity index is 2.30. The van der Waals surface area contributed by atoms with Crippen LogP contribution in [-0.4, -0.2) is 24.3 Å². The summed E-state index contributed by atoms with van der Waals surface area (Å²) in [4.78, 5) is 12.4. The van der Waals surface area contributed by atoms with Gasteiger partial charge in [-0.2, -0.15) is 0 Å². The largest absolute Gasteiger partial charge is 0.494 e. The molecule has 2 rings (SSSR count). The molecular formula is C16H20N2O4. The summed E-state index contributed by atoms with van der Waals surface area (Å²) >= 11 is 0. The molecule has 22 heavy (non-hydrogen) atoms. The number of rotatable bonds is 6. The monoisotopic (exact) mass is 304 g/mol. The highest BCUT2D eigenvalue weighted by Crippen LogP contribution is 2.30. The fourth-order valence-corrected chi connectivity index (χ4v) is 2.14. The maximum Gasteiger partial charge on any atom is 0.261 e. The Morgan fingerprint density at radius 2 is 1.95 bits per heavy atom. The van der Waals surface area contributed by atoms with Crippen LogP contribution in [0.4, 0.5) is 5.69 Å². The molecule has 0 aliphatic carbocycles. The average Bonchev–Trinajstić information content (AvgIpc) is 2.81. The minimum absolute atomic E-state index is 0.286. The van der Waals surface area contributed by atoms with Crippen molar-refractivity contribution in [2.75, 3.05) is 18.5 Å². The second-order valence-corrected chi connectivity index (χ2v) is 4.68. The molecule has 0 bridgehead atoms. The molecule has 0 spiro atoms. The smallest absolute Gasteiger partial charge is 0.261 e. The summed E-state index contributed by atoms with van der Waals surface area (Å²) in [5, 5.41) is 6.63. The number of hydrogen-bond acceptors (Lipinski definition) is 5. The van der Waals surface area contributed by atoms with Crippen LogP contribution in [0.25, 0.3) is 0 Å². The molecule has 1 amide bonds. The number of benzene rings is 1. The standard InChI is InChI=1S/C16H20N2O4/c1-5-20-12-7-8-14(21-6-2)13(9-12)17-16(19)15-10(3)18-22-11(15)4/h7-9H,5-6H2,1-4H3,(H,17,19). The van der Waals surface area contributed by atoms with Crippen molar-refractivity contribution in [3.63, 3.8) is 0 Å². The molecular weight excluding hydrogens is 284 g/mol. The van der Waals surface area contributed by atoms with Gasteiger partial charge in [-0.1, -0.05) is 5.16 Å². The molecule has 0 aliphatic rings. The van der Waals surface area contributed by atoms with E-state index < -0.39 is 0 Å². The van der Waals surface area contributed by atoms with E-state index in [1.54, 1.807) is 32.0 Å². The Labute approximate surface area is 129 Å². The molecule has 2 aromatic rings. The Kier molecular flexibility index (Phi) is 5.04. The van der Waals surface area contributed by atoms with E-state index in [2.05, 4.69) is 10.5 Å². The molecule has 1 aromatic carbocycles. The fraction of sp³-hybridized carbons (Fsp3) is 0.375. The molecule has 0 radical (unpaired) electrons. The molecule has 1 N–H and O–H groups in total. The van der Waals surface area contributed by atoms with Crippen molar-refractivity contribution in [1.29, 1.82) is 0 Å². The Hall–Kier alpha value is -2.50. The predicted molar refractivity (Wildman–Crippen MR) is 82.7 cm³/mol. The number of ether oxygens (including phenoxy) is 2. The number of aromatic nitrogens is 1. The van der Waals surface area contributed by atoms with Crippen molar-refractivity contribution < 1.29 is 18.8 Å². The van der Waals surface area contributed by atoms with Crippen LogP contribution in [0.15, 0.2) is 22.7 Å². The van der Waals surface area contributed by atoms with Crippen LogP contribution in [0, 0.1) is 13.8 Å². The fourth-order valence-electron chi connectivity index (χ4n) is 2.14. The van der Waals surface area contributed by atoms with Crippen LogP contribution < -0.4 is 14.8 Å². The van der Waals surface area contributed by atoms with Crippen LogP contribution in [-0.2, 0) is 0 Å². The van der Waals surface area contributed by atoms with Crippen LogP contribution in [0.5, 0.6) is 11.5 Å². The normalized spacial score (nSPS) is 10.4. The van der Waals surface area contributed by atoms with Crippen LogP contribution in [0.1, 0.15) is 35.7 Å². The summed E-state index contributed by atoms with van der Waals surface area (Å²) in [6, 6.07) is 5.32. The second-order valence-electron chi connectivity index (χ2n) is 4.68. The molecule has 0 atom stereocenters. The zero-order chi connectivity index (χ0) is 16.1. The minimum Gasteiger partial charge on any atom is -0.494 e. The summed E-state index contributed by atoms with van der Waals surface area (Å²) in [6.45, 7) is 8.27. The second kappa shape index (κ2) is 6.98. The summed E-state index contributed by atoms with van der Waals surface area (Å²) in [5.74, 6) is 1.45. The number of amides is 1. The summed E-state index contributed by atoms with van der Waals surface area (Å²) < 4.78 is 16.0. The number of carbonyl (C=O) groups is 1. The van der Waals surface area contributed by atoms with Gasteiger partial charge in [0.2, 0.25) is 0 Å². The quantitative estimate of drug-likeness (QED) is 0.886. The van der Waals surface area contributed by atoms with Crippen LogP contribution in [0.2, 0.25) is 0 Å². The number of nitrogens with zero attached hydrogens (tertiary/aromatic N) is 1. The van der Waals surface area contributed by atoms with Crippen molar-refractivity contribution in [2.24, 2.45) is 0 Å². The number of nitrogens with one attached hydrogen (secondary N) is 1. The summed E-state index contributed by atoms with van der Waals surface area (Å²) in [7, 11) is 0. The molecule has 0 aliphatic heterocycles. The van der Waals surface area contributed by atoms with Gasteiger partial charge in [0.15, 0.2) is 0 Å². The number of hydrogen-bond donors (Lipinski definition) is 1. The van der Waals surface area contributed by atoms with Crippen molar-refractivity contribution >= 4 is 11.6 Å². The van der Waals surface area contributed by atoms with Gasteiger partial charge >= 0.3 is 0 Å². The van der Waals surface area contributed by atoms with E-state index in [4.69, 9.17) is 14.0 Å². The SMILES string of the molecule is CCOc1ccc(OCC)c(NC(=O)c2c(C)noc2C)c1. The van der Waals surface area contributed by atoms with E-state index in [9.17, 15) is 4.79 Å². The number of carbonyl (C=O) groups excluding carboxylic acids is 1. The first-order valence-corrected chi connectivity index (χ1v) is 7.20. The summed E-state index contributed by atoms with van der Waals surface area (Å²) in [6.07, 6.45) is 0. The molecule has 0 unspecified atom stereocenters. The molecule has 6 heteroatoms. The van der Waals surface area contributed by atoms with Gasteiger partial charge in [0.05, 0.1) is 24.6 Å². The molecule has 6 nitrogen and oxygen atoms in total. The van der Waals surface area contributed by atoms with E-state index in [0.717, 1.165) is 0 Å². The number of anilines is 1. The van der Waals surface area contributed by atoms with E-state index >= 15 is 0 Å². The van der Waals surface area contributed by atoms with Crippen molar-refractivity contribution in [1.82, 2.24) is 5.16 Å². The molecule has 118 valence electrons. The van der Waals surface area contributed by atoms with Crippen molar-refractivity contribution in [3.05, 3.63) is 35.2 Å². The lowest BCUT2D eigenvalue weighted by Crippen LogP contribution is -2.14. The van der Waals surface area contributed by atoms with Crippen LogP contribution >= 0.6 is 0 Å². The first kappa shape index (κ1) is 15.9. The van der Waals surface area contributed by atoms with Crippen molar-refractivity contribution in [3.8, 4) is 11.5 Å². The maximum atomic E-state index is 12.4. The highest BCUT2D eigenvalue weighted by molar-refractivity contribution is 6.06. The molecule has 0 saturated carbocycles. The third kappa shape index (κ3) is 3.39. The van der Waals surface area contributed by atoms with E-state index in [1.165, 1.54) is 0 Å². The molecule has 1 aromatic heterocycles. The van der Waals surface area contributed by atoms with Gasteiger partial charge in [0.1, 0.15) is 22.8 Å². The lowest BCUT2D eigenvalue weighted by Gasteiger charge is -2.13. The Morgan fingerprint density at radius 1 is 1.23 bits per heavy atom. The third-order valence-electron chi connectivity index (χ3n) is 3.07. The first-order chi connectivity index (χ1) is 10.6. The predicted octanol–water partition coefficient (Wildman–Crippen LogP) is 3.34.